The topological polar surface area (TPSA) is 64.7 Å². The van der Waals surface area contributed by atoms with E-state index >= 15 is 0 Å². The van der Waals surface area contributed by atoms with Gasteiger partial charge in [0.1, 0.15) is 17.2 Å². The number of anilines is 1. The molecule has 20 heavy (non-hydrogen) atoms. The van der Waals surface area contributed by atoms with E-state index < -0.39 is 0 Å². The fourth-order valence-electron chi connectivity index (χ4n) is 1.92. The van der Waals surface area contributed by atoms with Gasteiger partial charge in [0.05, 0.1) is 12.3 Å². The van der Waals surface area contributed by atoms with E-state index in [9.17, 15) is 0 Å². The molecule has 2 aromatic carbocycles. The molecule has 0 radical (unpaired) electrons. The molecule has 0 aliphatic heterocycles. The number of hydrogen-bond acceptors (Lipinski definition) is 4. The van der Waals surface area contributed by atoms with Crippen molar-refractivity contribution >= 4 is 5.69 Å². The molecule has 0 saturated carbocycles. The molecule has 0 aliphatic rings. The van der Waals surface area contributed by atoms with Gasteiger partial charge >= 0.3 is 0 Å². The normalized spacial score (nSPS) is 10.3. The molecule has 2 rings (SSSR count). The van der Waals surface area contributed by atoms with Crippen LogP contribution in [0.1, 0.15) is 12.5 Å². The van der Waals surface area contributed by atoms with Gasteiger partial charge in [-0.3, -0.25) is 0 Å². The van der Waals surface area contributed by atoms with E-state index in [-0.39, 0.29) is 6.61 Å². The van der Waals surface area contributed by atoms with Crippen molar-refractivity contribution in [2.24, 2.45) is 0 Å². The number of para-hydroxylation sites is 1. The standard InChI is InChI=1S/C16H19NO3/c1-2-19-16-11-13(7-8-14(16)17)20-15-6-4-3-5-12(15)9-10-18/h3-8,11,18H,2,9-10,17H2,1H3. The smallest absolute Gasteiger partial charge is 0.145 e. The first-order chi connectivity index (χ1) is 9.74. The van der Waals surface area contributed by atoms with Gasteiger partial charge in [-0.1, -0.05) is 18.2 Å². The maximum atomic E-state index is 9.07. The van der Waals surface area contributed by atoms with E-state index in [4.69, 9.17) is 20.3 Å². The molecule has 0 aromatic heterocycles. The maximum absolute atomic E-state index is 9.07. The SMILES string of the molecule is CCOc1cc(Oc2ccccc2CCO)ccc1N. The van der Waals surface area contributed by atoms with E-state index in [1.165, 1.54) is 0 Å². The van der Waals surface area contributed by atoms with Crippen molar-refractivity contribution < 1.29 is 14.6 Å². The second kappa shape index (κ2) is 6.82. The monoisotopic (exact) mass is 273 g/mol. The third-order valence-corrected chi connectivity index (χ3v) is 2.87. The van der Waals surface area contributed by atoms with Gasteiger partial charge in [0.15, 0.2) is 0 Å². The molecule has 4 heteroatoms. The van der Waals surface area contributed by atoms with Crippen LogP contribution in [0.2, 0.25) is 0 Å². The second-order valence-electron chi connectivity index (χ2n) is 4.32. The van der Waals surface area contributed by atoms with Gasteiger partial charge in [0.25, 0.3) is 0 Å². The molecule has 2 aromatic rings. The molecule has 0 amide bonds. The van der Waals surface area contributed by atoms with Crippen molar-refractivity contribution in [3.63, 3.8) is 0 Å². The van der Waals surface area contributed by atoms with E-state index in [0.717, 1.165) is 11.3 Å². The Labute approximate surface area is 118 Å². The summed E-state index contributed by atoms with van der Waals surface area (Å²) in [5, 5.41) is 9.07. The fourth-order valence-corrected chi connectivity index (χ4v) is 1.92. The number of hydrogen-bond donors (Lipinski definition) is 2. The Morgan fingerprint density at radius 3 is 2.65 bits per heavy atom. The Balaban J connectivity index is 2.23. The van der Waals surface area contributed by atoms with Crippen molar-refractivity contribution in [3.8, 4) is 17.2 Å². The molecule has 0 aliphatic carbocycles. The summed E-state index contributed by atoms with van der Waals surface area (Å²) >= 11 is 0. The maximum Gasteiger partial charge on any atom is 0.145 e. The molecule has 0 saturated heterocycles. The van der Waals surface area contributed by atoms with Gasteiger partial charge in [0.2, 0.25) is 0 Å². The average molecular weight is 273 g/mol. The molecule has 0 bridgehead atoms. The molecule has 0 spiro atoms. The Morgan fingerprint density at radius 1 is 1.10 bits per heavy atom. The summed E-state index contributed by atoms with van der Waals surface area (Å²) in [5.41, 5.74) is 7.38. The van der Waals surface area contributed by atoms with Gasteiger partial charge in [-0.15, -0.1) is 0 Å². The zero-order valence-electron chi connectivity index (χ0n) is 11.5. The zero-order chi connectivity index (χ0) is 14.4. The molecule has 0 unspecified atom stereocenters. The Kier molecular flexibility index (Phi) is 4.85. The van der Waals surface area contributed by atoms with Gasteiger partial charge in [-0.25, -0.2) is 0 Å². The number of nitrogens with two attached hydrogens (primary N) is 1. The largest absolute Gasteiger partial charge is 0.492 e. The third kappa shape index (κ3) is 3.42. The summed E-state index contributed by atoms with van der Waals surface area (Å²) in [6.07, 6.45) is 0.559. The van der Waals surface area contributed by atoms with E-state index in [1.807, 2.05) is 31.2 Å². The van der Waals surface area contributed by atoms with Crippen molar-refractivity contribution in [2.45, 2.75) is 13.3 Å². The highest BCUT2D eigenvalue weighted by Gasteiger charge is 2.07. The third-order valence-electron chi connectivity index (χ3n) is 2.87. The quantitative estimate of drug-likeness (QED) is 0.794. The molecule has 0 heterocycles. The van der Waals surface area contributed by atoms with E-state index in [2.05, 4.69) is 0 Å². The summed E-state index contributed by atoms with van der Waals surface area (Å²) in [7, 11) is 0. The first-order valence-corrected chi connectivity index (χ1v) is 6.63. The predicted octanol–water partition coefficient (Wildman–Crippen LogP) is 2.99. The van der Waals surface area contributed by atoms with Crippen LogP contribution in [0.4, 0.5) is 5.69 Å². The van der Waals surface area contributed by atoms with Crippen LogP contribution in [-0.4, -0.2) is 18.3 Å². The van der Waals surface area contributed by atoms with Crippen LogP contribution >= 0.6 is 0 Å². The highest BCUT2D eigenvalue weighted by Crippen LogP contribution is 2.31. The highest BCUT2D eigenvalue weighted by molar-refractivity contribution is 5.56. The molecule has 106 valence electrons. The summed E-state index contributed by atoms with van der Waals surface area (Å²) < 4.78 is 11.3. The summed E-state index contributed by atoms with van der Waals surface area (Å²) in [5.74, 6) is 2.01. The Hall–Kier alpha value is -2.20. The molecule has 0 fully saturated rings. The van der Waals surface area contributed by atoms with Crippen LogP contribution in [0.25, 0.3) is 0 Å². The van der Waals surface area contributed by atoms with Crippen molar-refractivity contribution in [1.82, 2.24) is 0 Å². The van der Waals surface area contributed by atoms with Crippen LogP contribution in [0.3, 0.4) is 0 Å². The fraction of sp³-hybridized carbons (Fsp3) is 0.250. The number of benzene rings is 2. The predicted molar refractivity (Wildman–Crippen MR) is 79.3 cm³/mol. The van der Waals surface area contributed by atoms with Crippen LogP contribution in [-0.2, 0) is 6.42 Å². The summed E-state index contributed by atoms with van der Waals surface area (Å²) in [6.45, 7) is 2.55. The first-order valence-electron chi connectivity index (χ1n) is 6.63. The van der Waals surface area contributed by atoms with Gasteiger partial charge < -0.3 is 20.3 Å². The minimum atomic E-state index is 0.0896. The molecule has 4 nitrogen and oxygen atoms in total. The van der Waals surface area contributed by atoms with Crippen LogP contribution in [0, 0.1) is 0 Å². The lowest BCUT2D eigenvalue weighted by Crippen LogP contribution is -1.98. The van der Waals surface area contributed by atoms with Gasteiger partial charge in [-0.2, -0.15) is 0 Å². The minimum absolute atomic E-state index is 0.0896. The summed E-state index contributed by atoms with van der Waals surface area (Å²) in [6, 6.07) is 13.0. The highest BCUT2D eigenvalue weighted by atomic mass is 16.5. The number of aliphatic hydroxyl groups excluding tert-OH is 1. The van der Waals surface area contributed by atoms with E-state index in [0.29, 0.717) is 30.2 Å². The average Bonchev–Trinajstić information content (AvgIpc) is 2.45. The van der Waals surface area contributed by atoms with Crippen LogP contribution in [0.5, 0.6) is 17.2 Å². The number of aliphatic hydroxyl groups is 1. The van der Waals surface area contributed by atoms with Crippen molar-refractivity contribution in [3.05, 3.63) is 48.0 Å². The van der Waals surface area contributed by atoms with Crippen molar-refractivity contribution in [2.75, 3.05) is 18.9 Å². The minimum Gasteiger partial charge on any atom is -0.492 e. The van der Waals surface area contributed by atoms with Gasteiger partial charge in [0, 0.05) is 12.7 Å². The van der Waals surface area contributed by atoms with Crippen LogP contribution in [0.15, 0.2) is 42.5 Å². The Bertz CT molecular complexity index is 569. The van der Waals surface area contributed by atoms with Crippen molar-refractivity contribution in [1.29, 1.82) is 0 Å². The number of nitrogen functional groups attached to an aromatic ring is 1. The first kappa shape index (κ1) is 14.2. The lowest BCUT2D eigenvalue weighted by Gasteiger charge is -2.12. The molecule has 3 N–H and O–H groups in total. The Morgan fingerprint density at radius 2 is 1.90 bits per heavy atom. The lowest BCUT2D eigenvalue weighted by molar-refractivity contribution is 0.297. The molecule has 0 atom stereocenters. The molecular formula is C16H19NO3. The lowest BCUT2D eigenvalue weighted by atomic mass is 10.1. The van der Waals surface area contributed by atoms with E-state index in [1.54, 1.807) is 18.2 Å². The second-order valence-corrected chi connectivity index (χ2v) is 4.32. The zero-order valence-corrected chi connectivity index (χ0v) is 11.5. The number of ether oxygens (including phenoxy) is 2. The van der Waals surface area contributed by atoms with Gasteiger partial charge in [-0.05, 0) is 37.1 Å². The summed E-state index contributed by atoms with van der Waals surface area (Å²) in [4.78, 5) is 0. The number of rotatable bonds is 6. The van der Waals surface area contributed by atoms with Crippen LogP contribution < -0.4 is 15.2 Å². The molecular weight excluding hydrogens is 254 g/mol.